The number of nitrogen functional groups attached to an aromatic ring is 1. The lowest BCUT2D eigenvalue weighted by atomic mass is 10.2. The topological polar surface area (TPSA) is 93.8 Å². The van der Waals surface area contributed by atoms with Crippen molar-refractivity contribution < 1.29 is 4.79 Å². The summed E-state index contributed by atoms with van der Waals surface area (Å²) in [6.45, 7) is 0. The van der Waals surface area contributed by atoms with E-state index in [4.69, 9.17) is 5.73 Å². The Labute approximate surface area is 124 Å². The van der Waals surface area contributed by atoms with Crippen molar-refractivity contribution in [3.8, 4) is 10.6 Å². The molecule has 0 spiro atoms. The normalized spacial score (nSPS) is 10.3. The number of carbonyl (C=O) groups is 1. The largest absolute Gasteiger partial charge is 0.399 e. The second-order valence-corrected chi connectivity index (χ2v) is 5.18. The summed E-state index contributed by atoms with van der Waals surface area (Å²) in [6.07, 6.45) is 1.56. The molecular formula is C14H11N5OS. The van der Waals surface area contributed by atoms with Crippen LogP contribution in [0.1, 0.15) is 10.5 Å². The van der Waals surface area contributed by atoms with Crippen molar-refractivity contribution in [2.24, 2.45) is 0 Å². The Hall–Kier alpha value is -2.80. The molecule has 0 atom stereocenters. The van der Waals surface area contributed by atoms with Crippen LogP contribution in [-0.4, -0.2) is 21.1 Å². The Morgan fingerprint density at radius 1 is 1.14 bits per heavy atom. The van der Waals surface area contributed by atoms with Crippen LogP contribution in [0.25, 0.3) is 10.6 Å². The van der Waals surface area contributed by atoms with Crippen molar-refractivity contribution >= 4 is 28.1 Å². The molecule has 0 aliphatic rings. The number of amides is 1. The van der Waals surface area contributed by atoms with Gasteiger partial charge in [0.2, 0.25) is 5.13 Å². The van der Waals surface area contributed by atoms with Crippen molar-refractivity contribution in [2.75, 3.05) is 11.1 Å². The first-order chi connectivity index (χ1) is 10.2. The van der Waals surface area contributed by atoms with Gasteiger partial charge in [-0.3, -0.25) is 15.1 Å². The van der Waals surface area contributed by atoms with Crippen LogP contribution < -0.4 is 11.1 Å². The third kappa shape index (κ3) is 3.03. The van der Waals surface area contributed by atoms with E-state index >= 15 is 0 Å². The smallest absolute Gasteiger partial charge is 0.276 e. The average Bonchev–Trinajstić information content (AvgIpc) is 2.97. The molecule has 0 saturated heterocycles. The summed E-state index contributed by atoms with van der Waals surface area (Å²) in [4.78, 5) is 15.9. The number of nitrogens with zero attached hydrogens (tertiary/aromatic N) is 3. The molecular weight excluding hydrogens is 286 g/mol. The van der Waals surface area contributed by atoms with Crippen LogP contribution in [0.3, 0.4) is 0 Å². The maximum absolute atomic E-state index is 12.0. The lowest BCUT2D eigenvalue weighted by Gasteiger charge is -1.99. The highest BCUT2D eigenvalue weighted by atomic mass is 32.1. The second-order valence-electron chi connectivity index (χ2n) is 4.21. The zero-order chi connectivity index (χ0) is 14.7. The van der Waals surface area contributed by atoms with Gasteiger partial charge in [0, 0.05) is 17.4 Å². The summed E-state index contributed by atoms with van der Waals surface area (Å²) in [5.74, 6) is -0.314. The van der Waals surface area contributed by atoms with Crippen LogP contribution in [0, 0.1) is 0 Å². The average molecular weight is 297 g/mol. The van der Waals surface area contributed by atoms with E-state index in [9.17, 15) is 4.79 Å². The predicted octanol–water partition coefficient (Wildman–Crippen LogP) is 2.43. The molecule has 3 aromatic rings. The van der Waals surface area contributed by atoms with E-state index in [0.717, 1.165) is 5.56 Å². The molecule has 2 aromatic heterocycles. The van der Waals surface area contributed by atoms with Gasteiger partial charge in [-0.15, -0.1) is 10.2 Å². The fraction of sp³-hybridized carbons (Fsp3) is 0. The van der Waals surface area contributed by atoms with Gasteiger partial charge in [-0.05, 0) is 24.3 Å². The highest BCUT2D eigenvalue weighted by Crippen LogP contribution is 2.27. The maximum atomic E-state index is 12.0. The fourth-order valence-corrected chi connectivity index (χ4v) is 2.46. The minimum absolute atomic E-state index is 0.314. The lowest BCUT2D eigenvalue weighted by molar-refractivity contribution is 0.102. The van der Waals surface area contributed by atoms with Crippen molar-refractivity contribution in [3.63, 3.8) is 0 Å². The standard InChI is InChI=1S/C14H11N5OS/c15-10-5-3-4-9(8-10)13-18-19-14(21-13)17-12(20)11-6-1-2-7-16-11/h1-8H,15H2,(H,17,19,20). The maximum Gasteiger partial charge on any atom is 0.276 e. The van der Waals surface area contributed by atoms with E-state index in [1.807, 2.05) is 18.2 Å². The molecule has 0 radical (unpaired) electrons. The Kier molecular flexibility index (Phi) is 3.57. The number of benzene rings is 1. The Morgan fingerprint density at radius 3 is 2.81 bits per heavy atom. The first kappa shape index (κ1) is 13.2. The molecule has 0 saturated carbocycles. The van der Waals surface area contributed by atoms with Gasteiger partial charge >= 0.3 is 0 Å². The zero-order valence-electron chi connectivity index (χ0n) is 10.9. The molecule has 2 heterocycles. The summed E-state index contributed by atoms with van der Waals surface area (Å²) in [7, 11) is 0. The van der Waals surface area contributed by atoms with Gasteiger partial charge in [0.15, 0.2) is 0 Å². The van der Waals surface area contributed by atoms with Gasteiger partial charge in [0.1, 0.15) is 10.7 Å². The van der Waals surface area contributed by atoms with Crippen LogP contribution in [0.5, 0.6) is 0 Å². The molecule has 6 nitrogen and oxygen atoms in total. The second kappa shape index (κ2) is 5.68. The third-order valence-electron chi connectivity index (χ3n) is 2.68. The van der Waals surface area contributed by atoms with E-state index in [0.29, 0.717) is 21.5 Å². The Bertz CT molecular complexity index is 772. The van der Waals surface area contributed by atoms with Gasteiger partial charge in [-0.25, -0.2) is 0 Å². The number of rotatable bonds is 3. The quantitative estimate of drug-likeness (QED) is 0.724. The van der Waals surface area contributed by atoms with Crippen molar-refractivity contribution in [2.45, 2.75) is 0 Å². The first-order valence-corrected chi connectivity index (χ1v) is 6.96. The van der Waals surface area contributed by atoms with Crippen LogP contribution in [0.4, 0.5) is 10.8 Å². The molecule has 0 unspecified atom stereocenters. The summed E-state index contributed by atoms with van der Waals surface area (Å²) in [5, 5.41) is 11.8. The summed E-state index contributed by atoms with van der Waals surface area (Å²) in [5.41, 5.74) is 7.59. The van der Waals surface area contributed by atoms with Crippen LogP contribution in [0.15, 0.2) is 48.7 Å². The summed E-state index contributed by atoms with van der Waals surface area (Å²) >= 11 is 1.28. The van der Waals surface area contributed by atoms with Crippen LogP contribution in [-0.2, 0) is 0 Å². The van der Waals surface area contributed by atoms with Crippen molar-refractivity contribution in [1.82, 2.24) is 15.2 Å². The molecule has 0 aliphatic heterocycles. The van der Waals surface area contributed by atoms with E-state index in [1.54, 1.807) is 30.5 Å². The molecule has 0 fully saturated rings. The van der Waals surface area contributed by atoms with Gasteiger partial charge < -0.3 is 5.73 Å². The molecule has 1 aromatic carbocycles. The van der Waals surface area contributed by atoms with Crippen molar-refractivity contribution in [3.05, 3.63) is 54.4 Å². The molecule has 0 aliphatic carbocycles. The molecule has 0 bridgehead atoms. The molecule has 1 amide bonds. The number of hydrogen-bond acceptors (Lipinski definition) is 6. The van der Waals surface area contributed by atoms with Crippen LogP contribution >= 0.6 is 11.3 Å². The monoisotopic (exact) mass is 297 g/mol. The molecule has 3 N–H and O–H groups in total. The van der Waals surface area contributed by atoms with E-state index in [-0.39, 0.29) is 5.91 Å². The third-order valence-corrected chi connectivity index (χ3v) is 3.56. The molecule has 3 rings (SSSR count). The number of aromatic nitrogens is 3. The molecule has 21 heavy (non-hydrogen) atoms. The van der Waals surface area contributed by atoms with E-state index in [2.05, 4.69) is 20.5 Å². The zero-order valence-corrected chi connectivity index (χ0v) is 11.7. The van der Waals surface area contributed by atoms with Crippen LogP contribution in [0.2, 0.25) is 0 Å². The van der Waals surface area contributed by atoms with Crippen molar-refractivity contribution in [1.29, 1.82) is 0 Å². The fourth-order valence-electron chi connectivity index (χ4n) is 1.72. The number of hydrogen-bond donors (Lipinski definition) is 2. The van der Waals surface area contributed by atoms with Gasteiger partial charge in [0.05, 0.1) is 0 Å². The highest BCUT2D eigenvalue weighted by Gasteiger charge is 2.11. The number of nitrogens with one attached hydrogen (secondary N) is 1. The predicted molar refractivity (Wildman–Crippen MR) is 81.9 cm³/mol. The van der Waals surface area contributed by atoms with Gasteiger partial charge in [-0.2, -0.15) is 0 Å². The first-order valence-electron chi connectivity index (χ1n) is 6.14. The minimum atomic E-state index is -0.314. The SMILES string of the molecule is Nc1cccc(-c2nnc(NC(=O)c3ccccn3)s2)c1. The number of carbonyl (C=O) groups excluding carboxylic acids is 1. The molecule has 7 heteroatoms. The summed E-state index contributed by atoms with van der Waals surface area (Å²) < 4.78 is 0. The van der Waals surface area contributed by atoms with Gasteiger partial charge in [-0.1, -0.05) is 29.5 Å². The minimum Gasteiger partial charge on any atom is -0.399 e. The number of nitrogens with two attached hydrogens (primary N) is 1. The Balaban J connectivity index is 1.78. The summed E-state index contributed by atoms with van der Waals surface area (Å²) in [6, 6.07) is 12.5. The molecule has 104 valence electrons. The Morgan fingerprint density at radius 2 is 2.05 bits per heavy atom. The highest BCUT2D eigenvalue weighted by molar-refractivity contribution is 7.18. The lowest BCUT2D eigenvalue weighted by Crippen LogP contribution is -2.13. The van der Waals surface area contributed by atoms with E-state index in [1.165, 1.54) is 11.3 Å². The number of pyridine rings is 1. The number of anilines is 2. The van der Waals surface area contributed by atoms with E-state index < -0.39 is 0 Å². The van der Waals surface area contributed by atoms with Gasteiger partial charge in [0.25, 0.3) is 5.91 Å².